The Morgan fingerprint density at radius 1 is 1.21 bits per heavy atom. The van der Waals surface area contributed by atoms with E-state index >= 15 is 0 Å². The summed E-state index contributed by atoms with van der Waals surface area (Å²) in [6.45, 7) is 7.33. The van der Waals surface area contributed by atoms with E-state index in [2.05, 4.69) is 36.5 Å². The van der Waals surface area contributed by atoms with Gasteiger partial charge in [-0.05, 0) is 31.0 Å². The van der Waals surface area contributed by atoms with Crippen LogP contribution in [0.3, 0.4) is 0 Å². The zero-order chi connectivity index (χ0) is 20.1. The van der Waals surface area contributed by atoms with Gasteiger partial charge in [-0.3, -0.25) is 14.3 Å². The Balaban J connectivity index is 1.59. The van der Waals surface area contributed by atoms with Gasteiger partial charge in [0, 0.05) is 24.7 Å². The van der Waals surface area contributed by atoms with E-state index in [9.17, 15) is 9.59 Å². The third-order valence-corrected chi connectivity index (χ3v) is 5.55. The van der Waals surface area contributed by atoms with Gasteiger partial charge in [-0.2, -0.15) is 5.10 Å². The molecule has 7 heteroatoms. The van der Waals surface area contributed by atoms with Gasteiger partial charge >= 0.3 is 0 Å². The summed E-state index contributed by atoms with van der Waals surface area (Å²) in [4.78, 5) is 27.7. The van der Waals surface area contributed by atoms with Crippen LogP contribution in [0.1, 0.15) is 60.2 Å². The minimum atomic E-state index is -0.634. The molecule has 148 valence electrons. The number of aromatic nitrogens is 2. The highest BCUT2D eigenvalue weighted by Gasteiger charge is 2.42. The van der Waals surface area contributed by atoms with Gasteiger partial charge < -0.3 is 15.5 Å². The molecule has 1 spiro atoms. The number of carbonyl (C=O) groups is 2. The standard InChI is InChI=1S/C21H27N5O2/c1-20(2,3)17-12-16(25(4)24-17)19(28)26-11-7-10-21(13-26)22-15-9-6-5-8-14(15)18(27)23-21/h5-6,8-9,12,22H,7,10-11,13H2,1-4H3,(H,23,27)/t21-/m0/s1. The monoisotopic (exact) mass is 381 g/mol. The quantitative estimate of drug-likeness (QED) is 0.796. The number of carbonyl (C=O) groups excluding carboxylic acids is 2. The number of nitrogens with zero attached hydrogens (tertiary/aromatic N) is 3. The molecule has 2 N–H and O–H groups in total. The van der Waals surface area contributed by atoms with E-state index < -0.39 is 5.66 Å². The van der Waals surface area contributed by atoms with Gasteiger partial charge in [0.2, 0.25) is 0 Å². The molecule has 0 aliphatic carbocycles. The van der Waals surface area contributed by atoms with E-state index in [1.165, 1.54) is 0 Å². The van der Waals surface area contributed by atoms with Crippen molar-refractivity contribution >= 4 is 17.5 Å². The molecule has 2 aromatic rings. The molecular weight excluding hydrogens is 354 g/mol. The molecule has 3 heterocycles. The molecule has 1 atom stereocenters. The predicted octanol–water partition coefficient (Wildman–Crippen LogP) is 2.51. The van der Waals surface area contributed by atoms with Crippen molar-refractivity contribution in [3.05, 3.63) is 47.3 Å². The second-order valence-corrected chi connectivity index (χ2v) is 8.83. The third kappa shape index (κ3) is 3.15. The van der Waals surface area contributed by atoms with Gasteiger partial charge in [-0.15, -0.1) is 0 Å². The number of aryl methyl sites for hydroxylation is 1. The topological polar surface area (TPSA) is 79.3 Å². The first-order valence-electron chi connectivity index (χ1n) is 9.72. The second kappa shape index (κ2) is 6.36. The third-order valence-electron chi connectivity index (χ3n) is 5.55. The highest BCUT2D eigenvalue weighted by molar-refractivity contribution is 6.02. The van der Waals surface area contributed by atoms with E-state index in [-0.39, 0.29) is 17.2 Å². The number of fused-ring (bicyclic) bond motifs is 1. The van der Waals surface area contributed by atoms with E-state index in [0.717, 1.165) is 24.2 Å². The van der Waals surface area contributed by atoms with Crippen LogP contribution in [0, 0.1) is 0 Å². The maximum atomic E-state index is 13.2. The van der Waals surface area contributed by atoms with Gasteiger partial charge in [-0.1, -0.05) is 32.9 Å². The lowest BCUT2D eigenvalue weighted by Crippen LogP contribution is -2.66. The maximum Gasteiger partial charge on any atom is 0.272 e. The number of anilines is 1. The number of nitrogens with one attached hydrogen (secondary N) is 2. The van der Waals surface area contributed by atoms with Crippen LogP contribution in [0.4, 0.5) is 5.69 Å². The van der Waals surface area contributed by atoms with Crippen LogP contribution < -0.4 is 10.6 Å². The first kappa shape index (κ1) is 18.5. The van der Waals surface area contributed by atoms with Crippen molar-refractivity contribution in [1.82, 2.24) is 20.0 Å². The summed E-state index contributed by atoms with van der Waals surface area (Å²) < 4.78 is 1.66. The normalized spacial score (nSPS) is 21.9. The summed E-state index contributed by atoms with van der Waals surface area (Å²) in [7, 11) is 1.80. The van der Waals surface area contributed by atoms with E-state index in [4.69, 9.17) is 0 Å². The van der Waals surface area contributed by atoms with Crippen molar-refractivity contribution in [3.8, 4) is 0 Å². The van der Waals surface area contributed by atoms with E-state index in [1.54, 1.807) is 17.8 Å². The molecule has 28 heavy (non-hydrogen) atoms. The fourth-order valence-corrected chi connectivity index (χ4v) is 3.99. The molecule has 4 rings (SSSR count). The fourth-order valence-electron chi connectivity index (χ4n) is 3.99. The summed E-state index contributed by atoms with van der Waals surface area (Å²) in [6, 6.07) is 9.36. The highest BCUT2D eigenvalue weighted by atomic mass is 16.2. The number of hydrogen-bond acceptors (Lipinski definition) is 4. The van der Waals surface area contributed by atoms with Crippen molar-refractivity contribution < 1.29 is 9.59 Å². The van der Waals surface area contributed by atoms with Gasteiger partial charge in [-0.25, -0.2) is 0 Å². The molecule has 0 unspecified atom stereocenters. The van der Waals surface area contributed by atoms with Gasteiger partial charge in [0.25, 0.3) is 11.8 Å². The Hall–Kier alpha value is -2.83. The molecule has 1 aromatic carbocycles. The molecular formula is C21H27N5O2. The average Bonchev–Trinajstić information content (AvgIpc) is 3.03. The summed E-state index contributed by atoms with van der Waals surface area (Å²) in [5, 5.41) is 11.1. The Labute approximate surface area is 165 Å². The molecule has 2 amide bonds. The van der Waals surface area contributed by atoms with Crippen LogP contribution in [0.25, 0.3) is 0 Å². The molecule has 1 fully saturated rings. The van der Waals surface area contributed by atoms with Crippen LogP contribution in [0.5, 0.6) is 0 Å². The van der Waals surface area contributed by atoms with E-state index in [1.807, 2.05) is 29.2 Å². The average molecular weight is 381 g/mol. The van der Waals surface area contributed by atoms with Crippen molar-refractivity contribution in [1.29, 1.82) is 0 Å². The maximum absolute atomic E-state index is 13.2. The Morgan fingerprint density at radius 3 is 2.68 bits per heavy atom. The molecule has 0 saturated carbocycles. The van der Waals surface area contributed by atoms with Gasteiger partial charge in [0.05, 0.1) is 17.8 Å². The van der Waals surface area contributed by atoms with Crippen LogP contribution in [0.2, 0.25) is 0 Å². The van der Waals surface area contributed by atoms with Crippen molar-refractivity contribution in [2.75, 3.05) is 18.4 Å². The Morgan fingerprint density at radius 2 is 1.96 bits per heavy atom. The van der Waals surface area contributed by atoms with Crippen molar-refractivity contribution in [3.63, 3.8) is 0 Å². The fraction of sp³-hybridized carbons (Fsp3) is 0.476. The molecule has 0 bridgehead atoms. The number of likely N-dealkylation sites (tertiary alicyclic amines) is 1. The zero-order valence-electron chi connectivity index (χ0n) is 16.9. The predicted molar refractivity (Wildman–Crippen MR) is 107 cm³/mol. The lowest BCUT2D eigenvalue weighted by Gasteiger charge is -2.46. The largest absolute Gasteiger partial charge is 0.361 e. The minimum Gasteiger partial charge on any atom is -0.361 e. The van der Waals surface area contributed by atoms with Crippen LogP contribution in [0.15, 0.2) is 30.3 Å². The number of para-hydroxylation sites is 1. The number of benzene rings is 1. The lowest BCUT2D eigenvalue weighted by molar-refractivity contribution is 0.0583. The summed E-state index contributed by atoms with van der Waals surface area (Å²) in [5.74, 6) is -0.154. The summed E-state index contributed by atoms with van der Waals surface area (Å²) in [6.07, 6.45) is 1.58. The summed E-state index contributed by atoms with van der Waals surface area (Å²) >= 11 is 0. The van der Waals surface area contributed by atoms with Crippen molar-refractivity contribution in [2.24, 2.45) is 7.05 Å². The van der Waals surface area contributed by atoms with Gasteiger partial charge in [0.1, 0.15) is 11.4 Å². The van der Waals surface area contributed by atoms with Crippen molar-refractivity contribution in [2.45, 2.75) is 44.7 Å². The molecule has 1 saturated heterocycles. The number of rotatable bonds is 1. The molecule has 7 nitrogen and oxygen atoms in total. The molecule has 1 aromatic heterocycles. The number of amides is 2. The molecule has 0 radical (unpaired) electrons. The number of hydrogen-bond donors (Lipinski definition) is 2. The zero-order valence-corrected chi connectivity index (χ0v) is 16.9. The SMILES string of the molecule is Cn1nc(C(C)(C)C)cc1C(=O)N1CCC[C@@]2(C1)NC(=O)c1ccccc1N2. The lowest BCUT2D eigenvalue weighted by atomic mass is 9.92. The van der Waals surface area contributed by atoms with Crippen LogP contribution in [-0.4, -0.2) is 45.2 Å². The Kier molecular flexibility index (Phi) is 4.21. The smallest absolute Gasteiger partial charge is 0.272 e. The van der Waals surface area contributed by atoms with E-state index in [0.29, 0.717) is 24.3 Å². The molecule has 2 aliphatic rings. The number of piperidine rings is 1. The van der Waals surface area contributed by atoms with Crippen LogP contribution in [-0.2, 0) is 12.5 Å². The molecule has 2 aliphatic heterocycles. The van der Waals surface area contributed by atoms with Crippen LogP contribution >= 0.6 is 0 Å². The second-order valence-electron chi connectivity index (χ2n) is 8.83. The summed E-state index contributed by atoms with van der Waals surface area (Å²) in [5.41, 5.74) is 2.16. The first-order chi connectivity index (χ1) is 13.2. The Bertz CT molecular complexity index is 943. The first-order valence-corrected chi connectivity index (χ1v) is 9.72. The van der Waals surface area contributed by atoms with Gasteiger partial charge in [0.15, 0.2) is 0 Å². The highest BCUT2D eigenvalue weighted by Crippen LogP contribution is 2.31. The minimum absolute atomic E-state index is 0.0560.